The Bertz CT molecular complexity index is 6310. The standard InChI is InChI=1S/C37H45Cl2N5O4.C37H43ClF3N5O4.C37H45ClFN5O4/c1-22-23(2)37(47)42(3)20-28(22)26-17-30(38)29(34(18-26)48-4)21-43-13-9-24(10-14-43)25-11-15-44(16-12-25)33-7-5-27(19-31(33)39)40-32-6-8-35(45)41-36(32)46;1-22-23(2)36(49)44(3)21-29(22)26-4-5-27(33(18-26)50-37(39,40)41)20-45-14-10-24(11-15-45)25-12-16-46(17-13-25)32-8-6-28(19-30(32)38)42-31-7-9-34(47)43-35(31)48;1-22-23(2)37(47)42(3)20-28(22)26-17-31(39)29(34(18-26)48-4)21-43-13-9-24(10-14-43)25-11-15-44(16-12-25)33-7-5-27(19-30(33)38)40-32-6-8-35(45)41-36(32)46/h5,7,17-20,24-25,32,40H,6,8-16,21H2,1-4H3,(H,41,45,46);4-6,8,18-19,21,24-25,31,42H,7,9-17,20H2,1-3H3,(H,43,47,48);5,7,17-20,24-25,32,40H,6,8-16,21H2,1-4H3,(H,41,45,46). The third-order valence-electron chi connectivity index (χ3n) is 32.0. The second-order valence-electron chi connectivity index (χ2n) is 41.0. The van der Waals surface area contributed by atoms with Gasteiger partial charge in [0.15, 0.2) is 0 Å². The van der Waals surface area contributed by atoms with Gasteiger partial charge in [-0.05, 0) is 331 Å². The van der Waals surface area contributed by atoms with Crippen LogP contribution in [0.2, 0.25) is 20.1 Å². The van der Waals surface area contributed by atoms with Gasteiger partial charge in [-0.1, -0.05) is 58.5 Å². The van der Waals surface area contributed by atoms with E-state index in [9.17, 15) is 56.3 Å². The quantitative estimate of drug-likeness (QED) is 0.0242. The van der Waals surface area contributed by atoms with Gasteiger partial charge in [0, 0.05) is 190 Å². The molecule has 3 unspecified atom stereocenters. The van der Waals surface area contributed by atoms with Gasteiger partial charge in [0.2, 0.25) is 35.4 Å². The Kier molecular flexibility index (Phi) is 34.5. The normalized spacial score (nSPS) is 19.8. The lowest BCUT2D eigenvalue weighted by atomic mass is 9.78. The number of methoxy groups -OCH3 is 2. The van der Waals surface area contributed by atoms with Gasteiger partial charge in [-0.25, -0.2) is 4.39 Å². The minimum absolute atomic E-state index is 0.0113. The smallest absolute Gasteiger partial charge is 0.496 e. The number of nitrogens with zero attached hydrogens (tertiary/aromatic N) is 9. The van der Waals surface area contributed by atoms with Crippen molar-refractivity contribution in [1.82, 2.24) is 44.4 Å². The van der Waals surface area contributed by atoms with Crippen LogP contribution in [-0.2, 0) is 69.5 Å². The molecular formula is C111H133Cl4F4N15O12. The van der Waals surface area contributed by atoms with Gasteiger partial charge in [0.25, 0.3) is 16.7 Å². The molecule has 12 heterocycles. The van der Waals surface area contributed by atoms with Crippen LogP contribution in [0, 0.1) is 82.9 Å². The molecule has 35 heteroatoms. The average Bonchev–Trinajstić information content (AvgIpc) is 0.777. The Balaban J connectivity index is 0.000000157. The van der Waals surface area contributed by atoms with E-state index in [1.165, 1.54) is 23.5 Å². The van der Waals surface area contributed by atoms with E-state index in [4.69, 9.17) is 55.9 Å². The van der Waals surface area contributed by atoms with Crippen molar-refractivity contribution < 1.29 is 60.5 Å². The Labute approximate surface area is 870 Å². The highest BCUT2D eigenvalue weighted by atomic mass is 35.5. The summed E-state index contributed by atoms with van der Waals surface area (Å²) in [5, 5.41) is 19.3. The summed E-state index contributed by atoms with van der Waals surface area (Å²) in [6.45, 7) is 23.7. The van der Waals surface area contributed by atoms with Crippen LogP contribution in [0.25, 0.3) is 33.4 Å². The fourth-order valence-corrected chi connectivity index (χ4v) is 24.2. The van der Waals surface area contributed by atoms with E-state index in [1.807, 2.05) is 99.8 Å². The number of likely N-dealkylation sites (tertiary alicyclic amines) is 3. The maximum atomic E-state index is 15.7. The topological polar surface area (TPSA) is 288 Å². The molecule has 0 aliphatic carbocycles. The van der Waals surface area contributed by atoms with Crippen molar-refractivity contribution >= 4 is 116 Å². The van der Waals surface area contributed by atoms with Gasteiger partial charge >= 0.3 is 6.36 Å². The molecule has 0 radical (unpaired) electrons. The molecule has 6 N–H and O–H groups in total. The summed E-state index contributed by atoms with van der Waals surface area (Å²) in [6.07, 6.45) is 15.8. The van der Waals surface area contributed by atoms with Crippen molar-refractivity contribution in [3.8, 4) is 50.6 Å². The molecule has 146 heavy (non-hydrogen) atoms. The molecule has 0 spiro atoms. The number of carbonyl (C=O) groups is 6. The van der Waals surface area contributed by atoms with Gasteiger partial charge in [0.05, 0.1) is 46.3 Å². The van der Waals surface area contributed by atoms with Crippen LogP contribution in [0.15, 0.2) is 130 Å². The van der Waals surface area contributed by atoms with Crippen molar-refractivity contribution in [2.24, 2.45) is 56.7 Å². The van der Waals surface area contributed by atoms with E-state index in [1.54, 1.807) is 95.9 Å². The first-order valence-corrected chi connectivity index (χ1v) is 52.5. The van der Waals surface area contributed by atoms with Gasteiger partial charge < -0.3 is 58.6 Å². The summed E-state index contributed by atoms with van der Waals surface area (Å²) in [5.41, 5.74) is 16.3. The first-order chi connectivity index (χ1) is 69.8. The molecule has 0 bridgehead atoms. The summed E-state index contributed by atoms with van der Waals surface area (Å²) in [5.74, 6) is 2.98. The number of hydrogen-bond donors (Lipinski definition) is 6. The molecule has 27 nitrogen and oxygen atoms in total. The van der Waals surface area contributed by atoms with Crippen molar-refractivity contribution in [1.29, 1.82) is 0 Å². The number of aromatic nitrogens is 3. The number of imide groups is 3. The number of hydrogen-bond acceptors (Lipinski definition) is 21. The number of ether oxygens (including phenoxy) is 3. The number of benzene rings is 6. The number of pyridine rings is 3. The van der Waals surface area contributed by atoms with Crippen LogP contribution in [-0.4, -0.2) is 181 Å². The number of alkyl halides is 3. The molecule has 6 aromatic carbocycles. The maximum Gasteiger partial charge on any atom is 0.573 e. The summed E-state index contributed by atoms with van der Waals surface area (Å²) in [4.78, 5) is 122. The zero-order chi connectivity index (χ0) is 104. The van der Waals surface area contributed by atoms with E-state index in [0.717, 1.165) is 234 Å². The lowest BCUT2D eigenvalue weighted by Crippen LogP contribution is -2.47. The Morgan fingerprint density at radius 3 is 0.973 bits per heavy atom. The predicted octanol–water partition coefficient (Wildman–Crippen LogP) is 18.7. The maximum absolute atomic E-state index is 15.7. The number of carbonyl (C=O) groups excluding carboxylic acids is 6. The van der Waals surface area contributed by atoms with E-state index >= 15 is 4.39 Å². The fourth-order valence-electron chi connectivity index (χ4n) is 23.0. The second-order valence-corrected chi connectivity index (χ2v) is 42.7. The van der Waals surface area contributed by atoms with Gasteiger partial charge in [-0.3, -0.25) is 73.8 Å². The summed E-state index contributed by atoms with van der Waals surface area (Å²) < 4.78 is 76.9. The van der Waals surface area contributed by atoms with Crippen molar-refractivity contribution in [2.75, 3.05) is 123 Å². The number of anilines is 6. The zero-order valence-corrected chi connectivity index (χ0v) is 88.0. The Morgan fingerprint density at radius 1 is 0.349 bits per heavy atom. The second kappa shape index (κ2) is 47.0. The summed E-state index contributed by atoms with van der Waals surface area (Å²) in [7, 11) is 8.40. The van der Waals surface area contributed by atoms with Crippen LogP contribution < -0.4 is 77.5 Å². The first kappa shape index (κ1) is 107. The number of rotatable bonds is 24. The monoisotopic (exact) mass is 2080 g/mol. The molecule has 6 amide bonds. The third-order valence-corrected chi connectivity index (χ3v) is 33.3. The SMILES string of the molecule is COc1cc(-c2cn(C)c(=O)c(C)c2C)cc(Cl)c1CN1CCC(C2CCN(c3ccc(NC4CCC(=O)NC4=O)cc3Cl)CC2)CC1.COc1cc(-c2cn(C)c(=O)c(C)c2C)cc(F)c1CN1CCC(C2CCN(c3ccc(NC4CCC(=O)NC4=O)cc3Cl)CC2)CC1.Cc1c(-c2ccc(CN3CCC(C4CCN(c5ccc(NC6CCC(=O)NC6=O)cc5Cl)CC4)CC3)c(OC(F)(F)F)c2)cn(C)c(=O)c1C. The number of aryl methyl sites for hydroxylation is 3. The minimum Gasteiger partial charge on any atom is -0.496 e. The van der Waals surface area contributed by atoms with Crippen LogP contribution >= 0.6 is 46.4 Å². The molecule has 780 valence electrons. The lowest BCUT2D eigenvalue weighted by molar-refractivity contribution is -0.275. The average molecular weight is 2090 g/mol. The number of nitrogens with one attached hydrogen (secondary N) is 6. The molecule has 3 aromatic heterocycles. The zero-order valence-electron chi connectivity index (χ0n) is 84.9. The highest BCUT2D eigenvalue weighted by Crippen LogP contribution is 2.46. The third kappa shape index (κ3) is 25.4. The van der Waals surface area contributed by atoms with Gasteiger partial charge in [0.1, 0.15) is 41.2 Å². The van der Waals surface area contributed by atoms with Crippen LogP contribution in [0.5, 0.6) is 17.2 Å². The number of halogens is 8. The lowest BCUT2D eigenvalue weighted by Gasteiger charge is -2.41. The van der Waals surface area contributed by atoms with E-state index in [0.29, 0.717) is 152 Å². The van der Waals surface area contributed by atoms with E-state index < -0.39 is 24.5 Å². The van der Waals surface area contributed by atoms with Crippen molar-refractivity contribution in [2.45, 2.75) is 201 Å². The molecule has 9 saturated heterocycles. The fraction of sp³-hybridized carbons (Fsp3) is 0.486. The summed E-state index contributed by atoms with van der Waals surface area (Å²) >= 11 is 27.1. The minimum atomic E-state index is -4.83. The Morgan fingerprint density at radius 2 is 0.651 bits per heavy atom. The number of amides is 6. The molecule has 18 rings (SSSR count). The largest absolute Gasteiger partial charge is 0.573 e. The summed E-state index contributed by atoms with van der Waals surface area (Å²) in [6, 6.07) is 28.5. The first-order valence-electron chi connectivity index (χ1n) is 51.0. The van der Waals surface area contributed by atoms with Gasteiger partial charge in [-0.2, -0.15) is 0 Å². The van der Waals surface area contributed by atoms with Crippen LogP contribution in [0.4, 0.5) is 51.7 Å². The molecular weight excluding hydrogens is 1950 g/mol. The van der Waals surface area contributed by atoms with E-state index in [-0.39, 0.29) is 63.7 Å². The molecule has 9 aliphatic heterocycles. The molecule has 9 aromatic rings. The molecule has 0 saturated carbocycles. The number of piperidine rings is 9. The molecule has 9 fully saturated rings. The van der Waals surface area contributed by atoms with Crippen LogP contribution in [0.3, 0.4) is 0 Å². The highest BCUT2D eigenvalue weighted by molar-refractivity contribution is 6.34. The molecule has 9 aliphatic rings. The highest BCUT2D eigenvalue weighted by Gasteiger charge is 2.39. The van der Waals surface area contributed by atoms with Crippen molar-refractivity contribution in [3.63, 3.8) is 0 Å². The van der Waals surface area contributed by atoms with Crippen LogP contribution in [0.1, 0.15) is 166 Å². The molecule has 3 atom stereocenters. The predicted molar refractivity (Wildman–Crippen MR) is 567 cm³/mol. The Hall–Kier alpha value is -11.5. The van der Waals surface area contributed by atoms with E-state index in [2.05, 4.69) is 66.0 Å². The van der Waals surface area contributed by atoms with Gasteiger partial charge in [-0.15, -0.1) is 13.2 Å². The van der Waals surface area contributed by atoms with Crippen molar-refractivity contribution in [3.05, 3.63) is 223 Å².